The standard InChI is InChI=1S/C51H31N3OS/c1-4-13-32(14-5-1)35-25-27-45-42(30-35)43-31-37(26-28-46(43)56-45)40-22-11-23-41-47-39(21-12-24-44(47)55-48(40)41)36-19-10-20-38(29-36)51-53-49(33-15-6-2-7-16-33)52-50(54-51)34-17-8-3-9-18-34/h1-31H. The van der Waals surface area contributed by atoms with Gasteiger partial charge in [-0.3, -0.25) is 0 Å². The molecular weight excluding hydrogens is 703 g/mol. The Morgan fingerprint density at radius 1 is 0.339 bits per heavy atom. The molecule has 0 spiro atoms. The van der Waals surface area contributed by atoms with Crippen LogP contribution in [0, 0.1) is 0 Å². The van der Waals surface area contributed by atoms with Gasteiger partial charge in [-0.15, -0.1) is 11.3 Å². The van der Waals surface area contributed by atoms with Crippen LogP contribution in [0.3, 0.4) is 0 Å². The van der Waals surface area contributed by atoms with Crippen LogP contribution in [0.5, 0.6) is 0 Å². The summed E-state index contributed by atoms with van der Waals surface area (Å²) < 4.78 is 9.34. The molecule has 262 valence electrons. The number of para-hydroxylation sites is 1. The normalized spacial score (nSPS) is 11.6. The minimum Gasteiger partial charge on any atom is -0.455 e. The molecule has 8 aromatic carbocycles. The highest BCUT2D eigenvalue weighted by molar-refractivity contribution is 7.25. The average molecular weight is 734 g/mol. The molecule has 56 heavy (non-hydrogen) atoms. The number of hydrogen-bond donors (Lipinski definition) is 0. The molecule has 0 aliphatic heterocycles. The topological polar surface area (TPSA) is 51.8 Å². The van der Waals surface area contributed by atoms with Gasteiger partial charge in [-0.1, -0.05) is 152 Å². The lowest BCUT2D eigenvalue weighted by Gasteiger charge is -2.10. The molecule has 0 saturated heterocycles. The molecular formula is C51H31N3OS. The lowest BCUT2D eigenvalue weighted by Crippen LogP contribution is -2.00. The number of benzene rings is 8. The van der Waals surface area contributed by atoms with E-state index in [-0.39, 0.29) is 0 Å². The maximum Gasteiger partial charge on any atom is 0.164 e. The molecule has 0 atom stereocenters. The number of hydrogen-bond acceptors (Lipinski definition) is 5. The SMILES string of the molecule is c1ccc(-c2ccc3sc4ccc(-c5cccc6c5oc5cccc(-c7cccc(-c8nc(-c9ccccc9)nc(-c9ccccc9)n8)c7)c56)cc4c3c2)cc1. The number of aromatic nitrogens is 3. The van der Waals surface area contributed by atoms with Crippen molar-refractivity contribution in [3.63, 3.8) is 0 Å². The zero-order valence-corrected chi connectivity index (χ0v) is 30.9. The molecule has 0 unspecified atom stereocenters. The Bertz CT molecular complexity index is 3180. The van der Waals surface area contributed by atoms with E-state index >= 15 is 0 Å². The first-order valence-corrected chi connectivity index (χ1v) is 19.5. The minimum absolute atomic E-state index is 0.623. The molecule has 0 fully saturated rings. The van der Waals surface area contributed by atoms with Crippen LogP contribution in [0.15, 0.2) is 192 Å². The number of fused-ring (bicyclic) bond motifs is 6. The number of furan rings is 1. The summed E-state index contributed by atoms with van der Waals surface area (Å²) in [6.45, 7) is 0. The quantitative estimate of drug-likeness (QED) is 0.171. The predicted molar refractivity (Wildman–Crippen MR) is 233 cm³/mol. The molecule has 3 heterocycles. The Hall–Kier alpha value is -7.21. The van der Waals surface area contributed by atoms with Gasteiger partial charge in [0.25, 0.3) is 0 Å². The summed E-state index contributed by atoms with van der Waals surface area (Å²) >= 11 is 1.84. The molecule has 0 bridgehead atoms. The maximum absolute atomic E-state index is 6.77. The van der Waals surface area contributed by atoms with E-state index in [1.54, 1.807) is 0 Å². The zero-order chi connectivity index (χ0) is 37.0. The maximum atomic E-state index is 6.77. The van der Waals surface area contributed by atoms with Gasteiger partial charge in [0.05, 0.1) is 0 Å². The Balaban J connectivity index is 1.03. The summed E-state index contributed by atoms with van der Waals surface area (Å²) in [5.41, 5.74) is 11.3. The van der Waals surface area contributed by atoms with E-state index in [4.69, 9.17) is 19.4 Å². The summed E-state index contributed by atoms with van der Waals surface area (Å²) in [6.07, 6.45) is 0. The van der Waals surface area contributed by atoms with E-state index in [9.17, 15) is 0 Å². The molecule has 11 aromatic rings. The fourth-order valence-corrected chi connectivity index (χ4v) is 8.90. The number of rotatable bonds is 6. The zero-order valence-electron chi connectivity index (χ0n) is 30.1. The molecule has 11 rings (SSSR count). The van der Waals surface area contributed by atoms with Gasteiger partial charge in [-0.25, -0.2) is 15.0 Å². The van der Waals surface area contributed by atoms with E-state index in [1.807, 2.05) is 72.0 Å². The van der Waals surface area contributed by atoms with Crippen LogP contribution >= 0.6 is 11.3 Å². The molecule has 0 aliphatic carbocycles. The van der Waals surface area contributed by atoms with Gasteiger partial charge < -0.3 is 4.42 Å². The van der Waals surface area contributed by atoms with Crippen molar-refractivity contribution in [1.82, 2.24) is 15.0 Å². The first-order valence-electron chi connectivity index (χ1n) is 18.7. The fourth-order valence-electron chi connectivity index (χ4n) is 7.83. The lowest BCUT2D eigenvalue weighted by molar-refractivity contribution is 0.670. The monoisotopic (exact) mass is 733 g/mol. The van der Waals surface area contributed by atoms with Crippen LogP contribution in [0.25, 0.3) is 110 Å². The average Bonchev–Trinajstić information content (AvgIpc) is 3.85. The van der Waals surface area contributed by atoms with Gasteiger partial charge in [0.2, 0.25) is 0 Å². The van der Waals surface area contributed by atoms with Crippen molar-refractivity contribution in [3.8, 4) is 67.5 Å². The number of thiophene rings is 1. The number of nitrogens with zero attached hydrogens (tertiary/aromatic N) is 3. The van der Waals surface area contributed by atoms with Crippen molar-refractivity contribution in [3.05, 3.63) is 188 Å². The van der Waals surface area contributed by atoms with Gasteiger partial charge >= 0.3 is 0 Å². The highest BCUT2D eigenvalue weighted by Gasteiger charge is 2.18. The highest BCUT2D eigenvalue weighted by atomic mass is 32.1. The smallest absolute Gasteiger partial charge is 0.164 e. The van der Waals surface area contributed by atoms with Gasteiger partial charge in [0, 0.05) is 53.2 Å². The van der Waals surface area contributed by atoms with Gasteiger partial charge in [-0.05, 0) is 64.2 Å². The Kier molecular flexibility index (Phi) is 7.64. The van der Waals surface area contributed by atoms with Crippen LogP contribution in [0.1, 0.15) is 0 Å². The van der Waals surface area contributed by atoms with Crippen molar-refractivity contribution < 1.29 is 4.42 Å². The largest absolute Gasteiger partial charge is 0.455 e. The molecule has 3 aromatic heterocycles. The molecule has 0 saturated carbocycles. The van der Waals surface area contributed by atoms with Gasteiger partial charge in [0.15, 0.2) is 17.5 Å². The Morgan fingerprint density at radius 3 is 1.52 bits per heavy atom. The van der Waals surface area contributed by atoms with Crippen LogP contribution in [-0.4, -0.2) is 15.0 Å². The second-order valence-electron chi connectivity index (χ2n) is 14.0. The third-order valence-electron chi connectivity index (χ3n) is 10.5. The summed E-state index contributed by atoms with van der Waals surface area (Å²) in [7, 11) is 0. The second kappa shape index (κ2) is 13.3. The third kappa shape index (κ3) is 5.56. The van der Waals surface area contributed by atoms with Crippen molar-refractivity contribution in [1.29, 1.82) is 0 Å². The molecule has 0 N–H and O–H groups in total. The van der Waals surface area contributed by atoms with E-state index in [2.05, 4.69) is 127 Å². The van der Waals surface area contributed by atoms with Crippen LogP contribution in [0.2, 0.25) is 0 Å². The van der Waals surface area contributed by atoms with E-state index < -0.39 is 0 Å². The molecule has 0 aliphatic rings. The molecule has 0 amide bonds. The first kappa shape index (κ1) is 32.2. The summed E-state index contributed by atoms with van der Waals surface area (Å²) in [6, 6.07) is 65.7. The second-order valence-corrected chi connectivity index (χ2v) is 15.1. The van der Waals surface area contributed by atoms with Crippen LogP contribution in [-0.2, 0) is 0 Å². The van der Waals surface area contributed by atoms with E-state index in [0.29, 0.717) is 17.5 Å². The van der Waals surface area contributed by atoms with Crippen molar-refractivity contribution in [2.75, 3.05) is 0 Å². The highest BCUT2D eigenvalue weighted by Crippen LogP contribution is 2.43. The molecule has 5 heteroatoms. The summed E-state index contributed by atoms with van der Waals surface area (Å²) in [5.74, 6) is 1.90. The van der Waals surface area contributed by atoms with E-state index in [1.165, 1.54) is 31.3 Å². The van der Waals surface area contributed by atoms with Crippen molar-refractivity contribution in [2.45, 2.75) is 0 Å². The van der Waals surface area contributed by atoms with Gasteiger partial charge in [-0.2, -0.15) is 0 Å². The predicted octanol–water partition coefficient (Wildman–Crippen LogP) is 14.1. The Labute approximate surface area is 327 Å². The van der Waals surface area contributed by atoms with Crippen molar-refractivity contribution in [2.24, 2.45) is 0 Å². The lowest BCUT2D eigenvalue weighted by atomic mass is 9.96. The first-order chi connectivity index (χ1) is 27.7. The molecule has 4 nitrogen and oxygen atoms in total. The minimum atomic E-state index is 0.623. The van der Waals surface area contributed by atoms with Crippen molar-refractivity contribution >= 4 is 53.4 Å². The van der Waals surface area contributed by atoms with Crippen LogP contribution in [0.4, 0.5) is 0 Å². The molecule has 0 radical (unpaired) electrons. The van der Waals surface area contributed by atoms with E-state index in [0.717, 1.165) is 60.9 Å². The third-order valence-corrected chi connectivity index (χ3v) is 11.7. The summed E-state index contributed by atoms with van der Waals surface area (Å²) in [5, 5.41) is 4.70. The van der Waals surface area contributed by atoms with Gasteiger partial charge in [0.1, 0.15) is 11.2 Å². The fraction of sp³-hybridized carbons (Fsp3) is 0. The Morgan fingerprint density at radius 2 is 0.839 bits per heavy atom. The summed E-state index contributed by atoms with van der Waals surface area (Å²) in [4.78, 5) is 14.9. The van der Waals surface area contributed by atoms with Crippen LogP contribution < -0.4 is 0 Å².